The maximum atomic E-state index is 12.7. The molecule has 2 aromatic carbocycles. The second-order valence-electron chi connectivity index (χ2n) is 6.89. The van der Waals surface area contributed by atoms with E-state index in [4.69, 9.17) is 4.74 Å². The summed E-state index contributed by atoms with van der Waals surface area (Å²) in [6.45, 7) is 6.00. The number of nitrogens with one attached hydrogen (secondary N) is 1. The molecule has 1 aliphatic carbocycles. The summed E-state index contributed by atoms with van der Waals surface area (Å²) in [5, 5.41) is 3.11. The Labute approximate surface area is 150 Å². The van der Waals surface area contributed by atoms with Crippen molar-refractivity contribution in [3.05, 3.63) is 64.7 Å². The number of para-hydroxylation sites is 1. The number of hydrogen-bond acceptors (Lipinski definition) is 2. The number of rotatable bonds is 6. The quantitative estimate of drug-likeness (QED) is 0.842. The molecule has 2 aromatic rings. The summed E-state index contributed by atoms with van der Waals surface area (Å²) in [7, 11) is 0. The van der Waals surface area contributed by atoms with Crippen molar-refractivity contribution in [1.82, 2.24) is 5.32 Å². The third-order valence-electron chi connectivity index (χ3n) is 5.01. The molecular weight excluding hydrogens is 310 g/mol. The van der Waals surface area contributed by atoms with Crippen LogP contribution < -0.4 is 10.1 Å². The van der Waals surface area contributed by atoms with Crippen LogP contribution >= 0.6 is 0 Å². The molecular formula is C22H27NO2. The lowest BCUT2D eigenvalue weighted by Gasteiger charge is -2.22. The first kappa shape index (κ1) is 17.5. The maximum absolute atomic E-state index is 12.7. The fraction of sp³-hybridized carbons (Fsp3) is 0.409. The Morgan fingerprint density at radius 3 is 2.68 bits per heavy atom. The predicted octanol–water partition coefficient (Wildman–Crippen LogP) is 4.52. The number of benzene rings is 2. The normalized spacial score (nSPS) is 15.3. The van der Waals surface area contributed by atoms with Crippen molar-refractivity contribution in [2.24, 2.45) is 0 Å². The molecule has 0 saturated heterocycles. The summed E-state index contributed by atoms with van der Waals surface area (Å²) in [4.78, 5) is 12.7. The fourth-order valence-electron chi connectivity index (χ4n) is 3.41. The van der Waals surface area contributed by atoms with E-state index in [1.165, 1.54) is 29.5 Å². The van der Waals surface area contributed by atoms with E-state index in [9.17, 15) is 4.79 Å². The van der Waals surface area contributed by atoms with Gasteiger partial charge in [-0.25, -0.2) is 0 Å². The van der Waals surface area contributed by atoms with Crippen molar-refractivity contribution in [2.45, 2.75) is 58.6 Å². The first-order valence-electron chi connectivity index (χ1n) is 9.23. The van der Waals surface area contributed by atoms with Gasteiger partial charge in [-0.05, 0) is 67.9 Å². The third kappa shape index (κ3) is 4.04. The molecule has 0 heterocycles. The van der Waals surface area contributed by atoms with E-state index in [0.717, 1.165) is 17.7 Å². The molecule has 3 heteroatoms. The highest BCUT2D eigenvalue weighted by Crippen LogP contribution is 2.25. The Bertz CT molecular complexity index is 753. The van der Waals surface area contributed by atoms with Crippen LogP contribution in [0.15, 0.2) is 42.5 Å². The van der Waals surface area contributed by atoms with Gasteiger partial charge < -0.3 is 10.1 Å². The number of fused-ring (bicyclic) bond motifs is 1. The van der Waals surface area contributed by atoms with Gasteiger partial charge in [-0.1, -0.05) is 43.3 Å². The molecule has 0 spiro atoms. The van der Waals surface area contributed by atoms with E-state index in [-0.39, 0.29) is 11.9 Å². The monoisotopic (exact) mass is 337 g/mol. The van der Waals surface area contributed by atoms with Crippen LogP contribution in [0.2, 0.25) is 0 Å². The van der Waals surface area contributed by atoms with E-state index in [1.807, 2.05) is 45.0 Å². The van der Waals surface area contributed by atoms with Gasteiger partial charge in [0, 0.05) is 0 Å². The largest absolute Gasteiger partial charge is 0.480 e. The lowest BCUT2D eigenvalue weighted by Crippen LogP contribution is -2.39. The maximum Gasteiger partial charge on any atom is 0.261 e. The highest BCUT2D eigenvalue weighted by atomic mass is 16.5. The summed E-state index contributed by atoms with van der Waals surface area (Å²) in [5.74, 6) is 0.716. The summed E-state index contributed by atoms with van der Waals surface area (Å²) in [6.07, 6.45) is 3.73. The Morgan fingerprint density at radius 2 is 1.92 bits per heavy atom. The molecule has 1 N–H and O–H groups in total. The zero-order chi connectivity index (χ0) is 17.8. The van der Waals surface area contributed by atoms with Crippen LogP contribution in [0.4, 0.5) is 0 Å². The molecule has 1 amide bonds. The number of amides is 1. The molecule has 25 heavy (non-hydrogen) atoms. The molecule has 3 rings (SSSR count). The Morgan fingerprint density at radius 1 is 1.16 bits per heavy atom. The fourth-order valence-corrected chi connectivity index (χ4v) is 3.41. The number of carbonyl (C=O) groups is 1. The van der Waals surface area contributed by atoms with E-state index in [0.29, 0.717) is 6.42 Å². The van der Waals surface area contributed by atoms with Crippen molar-refractivity contribution in [3.63, 3.8) is 0 Å². The Balaban J connectivity index is 1.66. The van der Waals surface area contributed by atoms with E-state index in [1.54, 1.807) is 0 Å². The van der Waals surface area contributed by atoms with Gasteiger partial charge in [0.1, 0.15) is 5.75 Å². The van der Waals surface area contributed by atoms with Crippen LogP contribution in [-0.4, -0.2) is 12.0 Å². The van der Waals surface area contributed by atoms with E-state index < -0.39 is 6.10 Å². The smallest absolute Gasteiger partial charge is 0.261 e. The third-order valence-corrected chi connectivity index (χ3v) is 5.01. The Hall–Kier alpha value is -2.29. The van der Waals surface area contributed by atoms with Crippen molar-refractivity contribution in [2.75, 3.05) is 0 Å². The van der Waals surface area contributed by atoms with Crippen LogP contribution in [-0.2, 0) is 17.6 Å². The number of carbonyl (C=O) groups excluding carboxylic acids is 1. The lowest BCUT2D eigenvalue weighted by molar-refractivity contribution is -0.128. The molecule has 0 aliphatic heterocycles. The molecule has 0 bridgehead atoms. The summed E-state index contributed by atoms with van der Waals surface area (Å²) in [6, 6.07) is 14.4. The number of aryl methyl sites for hydroxylation is 3. The van der Waals surface area contributed by atoms with Gasteiger partial charge in [0.2, 0.25) is 0 Å². The SMILES string of the molecule is CCC(Oc1ccccc1C)C(=O)NC(C)c1ccc2c(c1)CCC2. The van der Waals surface area contributed by atoms with Gasteiger partial charge in [-0.2, -0.15) is 0 Å². The van der Waals surface area contributed by atoms with Crippen LogP contribution in [0.1, 0.15) is 55.0 Å². The van der Waals surface area contributed by atoms with Crippen molar-refractivity contribution < 1.29 is 9.53 Å². The van der Waals surface area contributed by atoms with Gasteiger partial charge in [0.25, 0.3) is 5.91 Å². The second kappa shape index (κ2) is 7.73. The molecule has 2 atom stereocenters. The van der Waals surface area contributed by atoms with Crippen LogP contribution in [0.5, 0.6) is 5.75 Å². The zero-order valence-corrected chi connectivity index (χ0v) is 15.3. The molecule has 0 radical (unpaired) electrons. The minimum absolute atomic E-state index is 0.0204. The minimum atomic E-state index is -0.474. The lowest BCUT2D eigenvalue weighted by atomic mass is 10.0. The minimum Gasteiger partial charge on any atom is -0.480 e. The molecule has 0 aromatic heterocycles. The number of ether oxygens (including phenoxy) is 1. The average molecular weight is 337 g/mol. The van der Waals surface area contributed by atoms with Gasteiger partial charge in [-0.15, -0.1) is 0 Å². The second-order valence-corrected chi connectivity index (χ2v) is 6.89. The van der Waals surface area contributed by atoms with Gasteiger partial charge in [0.05, 0.1) is 6.04 Å². The predicted molar refractivity (Wildman–Crippen MR) is 101 cm³/mol. The van der Waals surface area contributed by atoms with E-state index >= 15 is 0 Å². The Kier molecular flexibility index (Phi) is 5.42. The molecule has 1 aliphatic rings. The average Bonchev–Trinajstić information content (AvgIpc) is 3.08. The summed E-state index contributed by atoms with van der Waals surface area (Å²) in [5.41, 5.74) is 5.10. The molecule has 0 fully saturated rings. The van der Waals surface area contributed by atoms with Gasteiger partial charge in [0.15, 0.2) is 6.10 Å². The number of hydrogen-bond donors (Lipinski definition) is 1. The summed E-state index contributed by atoms with van der Waals surface area (Å²) >= 11 is 0. The highest BCUT2D eigenvalue weighted by Gasteiger charge is 2.22. The summed E-state index contributed by atoms with van der Waals surface area (Å²) < 4.78 is 5.95. The van der Waals surface area contributed by atoms with Crippen molar-refractivity contribution in [3.8, 4) is 5.75 Å². The van der Waals surface area contributed by atoms with Gasteiger partial charge >= 0.3 is 0 Å². The van der Waals surface area contributed by atoms with Crippen LogP contribution in [0.3, 0.4) is 0 Å². The van der Waals surface area contributed by atoms with Gasteiger partial charge in [-0.3, -0.25) is 4.79 Å². The molecule has 3 nitrogen and oxygen atoms in total. The van der Waals surface area contributed by atoms with Crippen LogP contribution in [0.25, 0.3) is 0 Å². The first-order valence-corrected chi connectivity index (χ1v) is 9.23. The first-order chi connectivity index (χ1) is 12.1. The van der Waals surface area contributed by atoms with Crippen molar-refractivity contribution >= 4 is 5.91 Å². The van der Waals surface area contributed by atoms with Crippen LogP contribution in [0, 0.1) is 6.92 Å². The van der Waals surface area contributed by atoms with E-state index in [2.05, 4.69) is 23.5 Å². The highest BCUT2D eigenvalue weighted by molar-refractivity contribution is 5.81. The topological polar surface area (TPSA) is 38.3 Å². The molecule has 132 valence electrons. The molecule has 0 saturated carbocycles. The standard InChI is InChI=1S/C22H27NO2/c1-4-20(25-21-11-6-5-8-15(21)2)22(24)23-16(3)18-13-12-17-9-7-10-19(17)14-18/h5-6,8,11-14,16,20H,4,7,9-10H2,1-3H3,(H,23,24). The van der Waals surface area contributed by atoms with Crippen molar-refractivity contribution in [1.29, 1.82) is 0 Å². The zero-order valence-electron chi connectivity index (χ0n) is 15.3. The molecule has 2 unspecified atom stereocenters.